The van der Waals surface area contributed by atoms with E-state index in [9.17, 15) is 10.2 Å². The fraction of sp³-hybridized carbons (Fsp3) is 0.647. The summed E-state index contributed by atoms with van der Waals surface area (Å²) in [5.41, 5.74) is 6.86. The summed E-state index contributed by atoms with van der Waals surface area (Å²) >= 11 is 0. The molecule has 1 fully saturated rings. The quantitative estimate of drug-likeness (QED) is 0.509. The molecule has 2 aromatic rings. The topological polar surface area (TPSA) is 131 Å². The summed E-state index contributed by atoms with van der Waals surface area (Å²) < 4.78 is 7.60. The highest BCUT2D eigenvalue weighted by atomic mass is 31.2. The second-order valence-corrected chi connectivity index (χ2v) is 12.0. The number of imidazole rings is 1. The predicted molar refractivity (Wildman–Crippen MR) is 110 cm³/mol. The van der Waals surface area contributed by atoms with Crippen LogP contribution in [0.1, 0.15) is 26.0 Å². The first-order valence-corrected chi connectivity index (χ1v) is 12.2. The highest BCUT2D eigenvalue weighted by Crippen LogP contribution is 2.40. The largest absolute Gasteiger partial charge is 0.388 e. The van der Waals surface area contributed by atoms with Gasteiger partial charge in [-0.25, -0.2) is 4.98 Å². The summed E-state index contributed by atoms with van der Waals surface area (Å²) in [6.07, 6.45) is 4.87. The minimum atomic E-state index is -1.24. The fourth-order valence-electron chi connectivity index (χ4n) is 3.16. The van der Waals surface area contributed by atoms with Gasteiger partial charge in [-0.3, -0.25) is 4.57 Å². The highest BCUT2D eigenvalue weighted by Gasteiger charge is 2.44. The number of nitrogen functional groups attached to an aromatic ring is 1. The van der Waals surface area contributed by atoms with Crippen LogP contribution in [0.25, 0.3) is 11.2 Å². The number of hydrogen-bond donors (Lipinski definition) is 4. The minimum absolute atomic E-state index is 0.107. The van der Waals surface area contributed by atoms with E-state index in [4.69, 9.17) is 10.5 Å². The summed E-state index contributed by atoms with van der Waals surface area (Å²) in [7, 11) is 0. The number of aromatic nitrogens is 4. The van der Waals surface area contributed by atoms with Gasteiger partial charge >= 0.3 is 0 Å². The Balaban J connectivity index is 1.88. The molecule has 5 N–H and O–H groups in total. The molecule has 0 saturated carbocycles. The van der Waals surface area contributed by atoms with E-state index < -0.39 is 31.4 Å². The van der Waals surface area contributed by atoms with Crippen LogP contribution in [0.3, 0.4) is 0 Å². The molecule has 4 atom stereocenters. The number of ether oxygens (including phenoxy) is 1. The molecule has 27 heavy (non-hydrogen) atoms. The number of nitrogens with zero attached hydrogens (tertiary/aromatic N) is 4. The normalized spacial score (nSPS) is 26.0. The number of nitrogens with two attached hydrogens (primary N) is 1. The Morgan fingerprint density at radius 1 is 1.33 bits per heavy atom. The van der Waals surface area contributed by atoms with Crippen molar-refractivity contribution in [3.05, 3.63) is 6.33 Å². The zero-order valence-corrected chi connectivity index (χ0v) is 16.9. The SMILES string of the molecule is C=P(C)(C)CC[C@H]1OC(n2cnc3c(NCCC)nc(N)nc32)[C@H](O)[C@@H]1O. The molecular weight excluding hydrogens is 367 g/mol. The minimum Gasteiger partial charge on any atom is -0.388 e. The molecular formula is C17H29N6O3P. The highest BCUT2D eigenvalue weighted by molar-refractivity contribution is 7.72. The van der Waals surface area contributed by atoms with Gasteiger partial charge in [0.15, 0.2) is 23.2 Å². The maximum absolute atomic E-state index is 10.5. The van der Waals surface area contributed by atoms with Crippen molar-refractivity contribution in [2.24, 2.45) is 0 Å². The van der Waals surface area contributed by atoms with Crippen LogP contribution in [-0.2, 0) is 4.74 Å². The van der Waals surface area contributed by atoms with Crippen molar-refractivity contribution in [1.29, 1.82) is 0 Å². The number of fused-ring (bicyclic) bond motifs is 1. The summed E-state index contributed by atoms with van der Waals surface area (Å²) in [4.78, 5) is 12.8. The lowest BCUT2D eigenvalue weighted by atomic mass is 10.1. The van der Waals surface area contributed by atoms with E-state index in [1.54, 1.807) is 4.57 Å². The van der Waals surface area contributed by atoms with E-state index in [0.29, 0.717) is 23.4 Å². The standard InChI is InChI=1S/C17H29N6O3P/c1-5-7-19-14-11-15(22-17(18)21-14)23(9-20-11)16-13(25)12(24)10(26-16)6-8-27(2,3)4/h9-10,12-13,16,24-25H,2,5-8H2,1,3-4H3,(H3,18,19,21,22)/t10-,12-,13-,16?/m1/s1. The monoisotopic (exact) mass is 396 g/mol. The van der Waals surface area contributed by atoms with Crippen LogP contribution in [0.2, 0.25) is 0 Å². The lowest BCUT2D eigenvalue weighted by Crippen LogP contribution is -2.31. The van der Waals surface area contributed by atoms with Crippen molar-refractivity contribution >= 4 is 36.1 Å². The maximum Gasteiger partial charge on any atom is 0.224 e. The molecule has 1 aliphatic heterocycles. The smallest absolute Gasteiger partial charge is 0.224 e. The Hall–Kier alpha value is -1.67. The maximum atomic E-state index is 10.5. The Morgan fingerprint density at radius 2 is 2.07 bits per heavy atom. The summed E-state index contributed by atoms with van der Waals surface area (Å²) in [5, 5.41) is 24.2. The van der Waals surface area contributed by atoms with Crippen LogP contribution < -0.4 is 11.1 Å². The zero-order valence-electron chi connectivity index (χ0n) is 16.0. The molecule has 150 valence electrons. The first-order chi connectivity index (χ1) is 12.7. The van der Waals surface area contributed by atoms with E-state index in [0.717, 1.165) is 19.1 Å². The van der Waals surface area contributed by atoms with Crippen molar-refractivity contribution < 1.29 is 14.9 Å². The summed E-state index contributed by atoms with van der Waals surface area (Å²) in [6, 6.07) is 0. The molecule has 1 unspecified atom stereocenters. The van der Waals surface area contributed by atoms with Crippen LogP contribution in [0, 0.1) is 0 Å². The zero-order chi connectivity index (χ0) is 19.8. The molecule has 1 aliphatic rings. The molecule has 0 bridgehead atoms. The molecule has 0 spiro atoms. The first-order valence-electron chi connectivity index (χ1n) is 9.14. The molecule has 9 nitrogen and oxygen atoms in total. The van der Waals surface area contributed by atoms with Crippen LogP contribution in [0.4, 0.5) is 11.8 Å². The summed E-state index contributed by atoms with van der Waals surface area (Å²) in [5.74, 6) is 0.655. The molecule has 0 amide bonds. The Labute approximate surface area is 158 Å². The lowest BCUT2D eigenvalue weighted by Gasteiger charge is -2.18. The number of nitrogens with one attached hydrogen (secondary N) is 1. The van der Waals surface area contributed by atoms with Crippen LogP contribution in [0.15, 0.2) is 6.33 Å². The number of aliphatic hydroxyl groups excluding tert-OH is 2. The van der Waals surface area contributed by atoms with Gasteiger partial charge < -0.3 is 26.0 Å². The van der Waals surface area contributed by atoms with Gasteiger partial charge in [-0.1, -0.05) is 6.92 Å². The molecule has 3 rings (SSSR count). The van der Waals surface area contributed by atoms with Gasteiger partial charge in [0, 0.05) is 6.54 Å². The number of rotatable bonds is 7. The number of hydrogen-bond acceptors (Lipinski definition) is 8. The summed E-state index contributed by atoms with van der Waals surface area (Å²) in [6.45, 7) is 5.80. The molecule has 2 aromatic heterocycles. The van der Waals surface area contributed by atoms with Crippen molar-refractivity contribution in [1.82, 2.24) is 19.5 Å². The van der Waals surface area contributed by atoms with E-state index in [-0.39, 0.29) is 5.95 Å². The first kappa shape index (κ1) is 20.1. The van der Waals surface area contributed by atoms with E-state index >= 15 is 0 Å². The van der Waals surface area contributed by atoms with Gasteiger partial charge in [0.1, 0.15) is 12.2 Å². The van der Waals surface area contributed by atoms with Gasteiger partial charge in [-0.2, -0.15) is 9.97 Å². The van der Waals surface area contributed by atoms with E-state index in [1.165, 1.54) is 6.33 Å². The van der Waals surface area contributed by atoms with Crippen LogP contribution in [-0.4, -0.2) is 80.4 Å². The third kappa shape index (κ3) is 4.27. The van der Waals surface area contributed by atoms with Crippen molar-refractivity contribution in [2.45, 2.75) is 44.3 Å². The molecule has 10 heteroatoms. The Morgan fingerprint density at radius 3 is 2.74 bits per heavy atom. The Bertz CT molecular complexity index is 851. The van der Waals surface area contributed by atoms with Gasteiger partial charge in [-0.15, -0.1) is 13.2 Å². The molecule has 0 aromatic carbocycles. The van der Waals surface area contributed by atoms with Crippen molar-refractivity contribution in [3.63, 3.8) is 0 Å². The number of anilines is 2. The third-order valence-corrected chi connectivity index (χ3v) is 6.08. The fourth-order valence-corrected chi connectivity index (χ4v) is 4.11. The van der Waals surface area contributed by atoms with Crippen molar-refractivity contribution in [2.75, 3.05) is 37.1 Å². The van der Waals surface area contributed by atoms with E-state index in [2.05, 4.69) is 39.9 Å². The average Bonchev–Trinajstić information content (AvgIpc) is 3.12. The van der Waals surface area contributed by atoms with Gasteiger partial charge in [0.2, 0.25) is 5.95 Å². The molecule has 3 heterocycles. The van der Waals surface area contributed by atoms with Crippen LogP contribution in [0.5, 0.6) is 0 Å². The van der Waals surface area contributed by atoms with Gasteiger partial charge in [0.25, 0.3) is 0 Å². The second-order valence-electron chi connectivity index (χ2n) is 7.68. The van der Waals surface area contributed by atoms with Gasteiger partial charge in [-0.05, 0) is 32.3 Å². The predicted octanol–water partition coefficient (Wildman–Crippen LogP) is 0.949. The second kappa shape index (κ2) is 7.75. The van der Waals surface area contributed by atoms with Crippen molar-refractivity contribution in [3.8, 4) is 0 Å². The number of aliphatic hydroxyl groups is 2. The van der Waals surface area contributed by atoms with E-state index in [1.807, 2.05) is 6.92 Å². The molecule has 0 aliphatic carbocycles. The van der Waals surface area contributed by atoms with Gasteiger partial charge in [0.05, 0.1) is 12.4 Å². The third-order valence-electron chi connectivity index (χ3n) is 4.61. The molecule has 1 saturated heterocycles. The molecule has 0 radical (unpaired) electrons. The Kier molecular flexibility index (Phi) is 5.76. The lowest BCUT2D eigenvalue weighted by molar-refractivity contribution is -0.0353. The van der Waals surface area contributed by atoms with Crippen LogP contribution >= 0.6 is 6.89 Å². The average molecular weight is 396 g/mol.